The fourth-order valence-electron chi connectivity index (χ4n) is 3.37. The van der Waals surface area contributed by atoms with Crippen LogP contribution in [0.3, 0.4) is 0 Å². The lowest BCUT2D eigenvalue weighted by Crippen LogP contribution is -2.26. The number of hydrogen-bond acceptors (Lipinski definition) is 6. The number of ether oxygens (including phenoxy) is 2. The fourth-order valence-corrected chi connectivity index (χ4v) is 3.37. The Labute approximate surface area is 167 Å². The van der Waals surface area contributed by atoms with Crippen LogP contribution in [0.25, 0.3) is 0 Å². The molecule has 1 aliphatic rings. The highest BCUT2D eigenvalue weighted by molar-refractivity contribution is 6.05. The zero-order chi connectivity index (χ0) is 20.4. The summed E-state index contributed by atoms with van der Waals surface area (Å²) in [6, 6.07) is 15.1. The molecule has 1 N–H and O–H groups in total. The summed E-state index contributed by atoms with van der Waals surface area (Å²) >= 11 is 0. The monoisotopic (exact) mass is 392 g/mol. The third-order valence-electron chi connectivity index (χ3n) is 4.83. The number of phenolic OH excluding ortho intramolecular Hbond substituents is 1. The minimum absolute atomic E-state index is 0.106. The standard InChI is InChI=1S/C22H20N2O5/c1-27-15-10-14(11-16(12-15)28-2)18-13-19(17-6-3-4-7-20(17)25)24(23-18)22(26)21-8-5-9-29-21/h3-12,19,25H,13H2,1-2H3/t19-/m1/s1. The maximum absolute atomic E-state index is 13.0. The van der Waals surface area contributed by atoms with Gasteiger partial charge in [-0.25, -0.2) is 5.01 Å². The minimum atomic E-state index is -0.471. The molecule has 1 atom stereocenters. The fraction of sp³-hybridized carbons (Fsp3) is 0.182. The van der Waals surface area contributed by atoms with Crippen LogP contribution in [0.5, 0.6) is 17.2 Å². The Hall–Kier alpha value is -3.74. The molecule has 1 amide bonds. The molecular formula is C22H20N2O5. The van der Waals surface area contributed by atoms with E-state index in [0.29, 0.717) is 29.2 Å². The summed E-state index contributed by atoms with van der Waals surface area (Å²) in [5, 5.41) is 16.3. The maximum Gasteiger partial charge on any atom is 0.310 e. The van der Waals surface area contributed by atoms with Crippen molar-refractivity contribution in [3.05, 3.63) is 77.7 Å². The van der Waals surface area contributed by atoms with Gasteiger partial charge in [0.2, 0.25) is 0 Å². The molecule has 0 saturated heterocycles. The number of hydrazone groups is 1. The molecule has 4 rings (SSSR count). The molecule has 7 heteroatoms. The summed E-state index contributed by atoms with van der Waals surface area (Å²) < 4.78 is 16.0. The van der Waals surface area contributed by atoms with Gasteiger partial charge in [0.15, 0.2) is 5.76 Å². The summed E-state index contributed by atoms with van der Waals surface area (Å²) in [7, 11) is 3.15. The maximum atomic E-state index is 13.0. The molecule has 0 bridgehead atoms. The van der Waals surface area contributed by atoms with Crippen molar-refractivity contribution in [2.45, 2.75) is 12.5 Å². The van der Waals surface area contributed by atoms with Gasteiger partial charge in [-0.1, -0.05) is 18.2 Å². The Kier molecular flexibility index (Phi) is 4.95. The molecule has 148 valence electrons. The van der Waals surface area contributed by atoms with Gasteiger partial charge in [0.05, 0.1) is 32.2 Å². The quantitative estimate of drug-likeness (QED) is 0.710. The van der Waals surface area contributed by atoms with E-state index < -0.39 is 6.04 Å². The second kappa shape index (κ2) is 7.71. The summed E-state index contributed by atoms with van der Waals surface area (Å²) in [6.07, 6.45) is 1.86. The Balaban J connectivity index is 1.77. The zero-order valence-corrected chi connectivity index (χ0v) is 16.0. The Bertz CT molecular complexity index is 1040. The van der Waals surface area contributed by atoms with Gasteiger partial charge in [-0.3, -0.25) is 4.79 Å². The van der Waals surface area contributed by atoms with Gasteiger partial charge in [-0.15, -0.1) is 0 Å². The van der Waals surface area contributed by atoms with Crippen LogP contribution >= 0.6 is 0 Å². The number of carbonyl (C=O) groups is 1. The largest absolute Gasteiger partial charge is 0.508 e. The van der Waals surface area contributed by atoms with Crippen molar-refractivity contribution < 1.29 is 23.8 Å². The smallest absolute Gasteiger partial charge is 0.310 e. The molecule has 0 aliphatic carbocycles. The third kappa shape index (κ3) is 3.54. The Morgan fingerprint density at radius 3 is 2.45 bits per heavy atom. The average molecular weight is 392 g/mol. The van der Waals surface area contributed by atoms with Crippen LogP contribution in [0.2, 0.25) is 0 Å². The van der Waals surface area contributed by atoms with Crippen LogP contribution < -0.4 is 9.47 Å². The number of aromatic hydroxyl groups is 1. The number of carbonyl (C=O) groups excluding carboxylic acids is 1. The van der Waals surface area contributed by atoms with Crippen LogP contribution in [-0.2, 0) is 0 Å². The van der Waals surface area contributed by atoms with Gasteiger partial charge in [-0.2, -0.15) is 5.10 Å². The molecule has 3 aromatic rings. The van der Waals surface area contributed by atoms with E-state index in [1.807, 2.05) is 18.2 Å². The molecule has 29 heavy (non-hydrogen) atoms. The lowest BCUT2D eigenvalue weighted by Gasteiger charge is -2.21. The number of para-hydroxylation sites is 1. The van der Waals surface area contributed by atoms with Gasteiger partial charge < -0.3 is 19.0 Å². The van der Waals surface area contributed by atoms with Gasteiger partial charge in [0.25, 0.3) is 0 Å². The van der Waals surface area contributed by atoms with Gasteiger partial charge in [0, 0.05) is 23.6 Å². The topological polar surface area (TPSA) is 84.5 Å². The first kappa shape index (κ1) is 18.6. The number of nitrogens with zero attached hydrogens (tertiary/aromatic N) is 2. The predicted octanol–water partition coefficient (Wildman–Crippen LogP) is 3.99. The zero-order valence-electron chi connectivity index (χ0n) is 16.0. The highest BCUT2D eigenvalue weighted by Gasteiger charge is 2.36. The van der Waals surface area contributed by atoms with E-state index in [-0.39, 0.29) is 17.4 Å². The van der Waals surface area contributed by atoms with Crippen molar-refractivity contribution in [1.29, 1.82) is 0 Å². The molecule has 0 radical (unpaired) electrons. The minimum Gasteiger partial charge on any atom is -0.508 e. The first-order valence-corrected chi connectivity index (χ1v) is 9.06. The van der Waals surface area contributed by atoms with Crippen molar-refractivity contribution in [3.63, 3.8) is 0 Å². The molecule has 7 nitrogen and oxygen atoms in total. The predicted molar refractivity (Wildman–Crippen MR) is 106 cm³/mol. The summed E-state index contributed by atoms with van der Waals surface area (Å²) in [6.45, 7) is 0. The second-order valence-electron chi connectivity index (χ2n) is 6.55. The molecule has 1 aliphatic heterocycles. The first-order chi connectivity index (χ1) is 14.1. The number of phenols is 1. The van der Waals surface area contributed by atoms with E-state index in [1.165, 1.54) is 11.3 Å². The van der Waals surface area contributed by atoms with Crippen LogP contribution in [-0.4, -0.2) is 36.0 Å². The summed E-state index contributed by atoms with van der Waals surface area (Å²) in [5.74, 6) is 1.15. The van der Waals surface area contributed by atoms with E-state index in [4.69, 9.17) is 13.9 Å². The lowest BCUT2D eigenvalue weighted by atomic mass is 9.97. The molecule has 0 unspecified atom stereocenters. The summed E-state index contributed by atoms with van der Waals surface area (Å²) in [5.41, 5.74) is 2.06. The molecular weight excluding hydrogens is 372 g/mol. The second-order valence-corrected chi connectivity index (χ2v) is 6.55. The number of rotatable bonds is 5. The number of hydrogen-bond donors (Lipinski definition) is 1. The van der Waals surface area contributed by atoms with E-state index in [9.17, 15) is 9.90 Å². The van der Waals surface area contributed by atoms with E-state index in [2.05, 4.69) is 5.10 Å². The van der Waals surface area contributed by atoms with Crippen molar-refractivity contribution in [3.8, 4) is 17.2 Å². The van der Waals surface area contributed by atoms with Gasteiger partial charge in [0.1, 0.15) is 17.2 Å². The van der Waals surface area contributed by atoms with E-state index >= 15 is 0 Å². The van der Waals surface area contributed by atoms with Crippen molar-refractivity contribution >= 4 is 11.6 Å². The van der Waals surface area contributed by atoms with Crippen LogP contribution in [0.15, 0.2) is 70.4 Å². The lowest BCUT2D eigenvalue weighted by molar-refractivity contribution is 0.0677. The Morgan fingerprint density at radius 2 is 1.83 bits per heavy atom. The summed E-state index contributed by atoms with van der Waals surface area (Å²) in [4.78, 5) is 13.0. The highest BCUT2D eigenvalue weighted by atomic mass is 16.5. The first-order valence-electron chi connectivity index (χ1n) is 9.06. The number of amides is 1. The number of furan rings is 1. The molecule has 2 heterocycles. The molecule has 0 saturated carbocycles. The number of methoxy groups -OCH3 is 2. The molecule has 0 fully saturated rings. The van der Waals surface area contributed by atoms with E-state index in [0.717, 1.165) is 5.56 Å². The van der Waals surface area contributed by atoms with Crippen LogP contribution in [0.1, 0.15) is 34.1 Å². The third-order valence-corrected chi connectivity index (χ3v) is 4.83. The Morgan fingerprint density at radius 1 is 1.10 bits per heavy atom. The van der Waals surface area contributed by atoms with Crippen LogP contribution in [0.4, 0.5) is 0 Å². The average Bonchev–Trinajstić information content (AvgIpc) is 3.43. The molecule has 0 spiro atoms. The van der Waals surface area contributed by atoms with Crippen molar-refractivity contribution in [2.24, 2.45) is 5.10 Å². The van der Waals surface area contributed by atoms with E-state index in [1.54, 1.807) is 50.6 Å². The number of benzene rings is 2. The molecule has 1 aromatic heterocycles. The molecule has 2 aromatic carbocycles. The van der Waals surface area contributed by atoms with Gasteiger partial charge >= 0.3 is 5.91 Å². The highest BCUT2D eigenvalue weighted by Crippen LogP contribution is 2.38. The SMILES string of the molecule is COc1cc(OC)cc(C2=NN(C(=O)c3ccco3)[C@@H](c3ccccc3O)C2)c1. The van der Waals surface area contributed by atoms with Crippen molar-refractivity contribution in [1.82, 2.24) is 5.01 Å². The normalized spacial score (nSPS) is 15.9. The van der Waals surface area contributed by atoms with Gasteiger partial charge in [-0.05, 0) is 30.3 Å². The van der Waals surface area contributed by atoms with Crippen molar-refractivity contribution in [2.75, 3.05) is 14.2 Å². The van der Waals surface area contributed by atoms with Crippen LogP contribution in [0, 0.1) is 0 Å².